The van der Waals surface area contributed by atoms with Gasteiger partial charge in [0.1, 0.15) is 11.5 Å². The fraction of sp³-hybridized carbons (Fsp3) is 0.182. The number of imidazole rings is 1. The number of hydrogen-bond acceptors (Lipinski definition) is 2. The van der Waals surface area contributed by atoms with Gasteiger partial charge < -0.3 is 24.0 Å². The molecular weight excluding hydrogens is 334 g/mol. The molecule has 4 nitrogen and oxygen atoms in total. The molecule has 1 heterocycles. The summed E-state index contributed by atoms with van der Waals surface area (Å²) in [5.41, 5.74) is 0.627. The molecule has 2 aromatic rings. The minimum atomic E-state index is -0.275. The normalized spacial score (nSPS) is 10.5. The molecule has 90 valence electrons. The van der Waals surface area contributed by atoms with Crippen LogP contribution in [-0.2, 0) is 14.1 Å². The summed E-state index contributed by atoms with van der Waals surface area (Å²) >= 11 is 0. The minimum absolute atomic E-state index is 0. The molecular formula is C11H12FIN4. The third-order valence-electron chi connectivity index (χ3n) is 2.23. The topological polar surface area (TPSA) is 33.5 Å². The van der Waals surface area contributed by atoms with Crippen LogP contribution in [0.2, 0.25) is 0 Å². The van der Waals surface area contributed by atoms with E-state index < -0.39 is 0 Å². The van der Waals surface area contributed by atoms with Gasteiger partial charge in [0.2, 0.25) is 0 Å². The van der Waals surface area contributed by atoms with Crippen LogP contribution in [0.15, 0.2) is 46.9 Å². The summed E-state index contributed by atoms with van der Waals surface area (Å²) in [5, 5.41) is 8.12. The predicted molar refractivity (Wildman–Crippen MR) is 57.2 cm³/mol. The summed E-state index contributed by atoms with van der Waals surface area (Å²) in [7, 11) is 3.78. The lowest BCUT2D eigenvalue weighted by Gasteiger charge is -1.90. The Labute approximate surface area is 116 Å². The summed E-state index contributed by atoms with van der Waals surface area (Å²) in [6, 6.07) is 5.89. The Morgan fingerprint density at radius 3 is 2.35 bits per heavy atom. The smallest absolute Gasteiger partial charge is 0.421 e. The first kappa shape index (κ1) is 13.8. The van der Waals surface area contributed by atoms with E-state index in [-0.39, 0.29) is 29.8 Å². The fourth-order valence-electron chi connectivity index (χ4n) is 1.33. The van der Waals surface area contributed by atoms with Gasteiger partial charge in [0.15, 0.2) is 0 Å². The maximum atomic E-state index is 12.6. The van der Waals surface area contributed by atoms with Gasteiger partial charge in [-0.3, -0.25) is 0 Å². The molecule has 0 fully saturated rings. The van der Waals surface area contributed by atoms with Crippen molar-refractivity contribution in [3.8, 4) is 0 Å². The Hall–Kier alpha value is -1.31. The number of azo groups is 1. The average molecular weight is 346 g/mol. The van der Waals surface area contributed by atoms with E-state index in [0.29, 0.717) is 5.69 Å². The summed E-state index contributed by atoms with van der Waals surface area (Å²) in [4.78, 5) is 0. The van der Waals surface area contributed by atoms with Crippen LogP contribution >= 0.6 is 0 Å². The number of aryl methyl sites for hydroxylation is 2. The minimum Gasteiger partial charge on any atom is -1.00 e. The predicted octanol–water partition coefficient (Wildman–Crippen LogP) is -0.592. The number of halogens is 2. The molecule has 1 aromatic heterocycles. The van der Waals surface area contributed by atoms with Crippen molar-refractivity contribution >= 4 is 11.6 Å². The highest BCUT2D eigenvalue weighted by Crippen LogP contribution is 2.15. The summed E-state index contributed by atoms with van der Waals surface area (Å²) in [5.74, 6) is 0.452. The number of aromatic nitrogens is 2. The maximum Gasteiger partial charge on any atom is 0.421 e. The molecule has 0 amide bonds. The molecule has 0 atom stereocenters. The van der Waals surface area contributed by atoms with Crippen molar-refractivity contribution in [1.29, 1.82) is 0 Å². The zero-order chi connectivity index (χ0) is 11.5. The van der Waals surface area contributed by atoms with E-state index in [2.05, 4.69) is 10.2 Å². The number of benzene rings is 1. The van der Waals surface area contributed by atoms with Gasteiger partial charge in [-0.2, -0.15) is 0 Å². The standard InChI is InChI=1S/C11H12FN4.HI/c1-15-7-8-16(2)11(15)14-13-10-5-3-9(12)4-6-10;/h3-8H,1-2H3;1H/q+1;/p-1. The van der Waals surface area contributed by atoms with Gasteiger partial charge in [0.25, 0.3) is 0 Å². The molecule has 0 aliphatic heterocycles. The molecule has 6 heteroatoms. The molecule has 0 saturated carbocycles. The number of rotatable bonds is 2. The summed E-state index contributed by atoms with van der Waals surface area (Å²) < 4.78 is 16.4. The van der Waals surface area contributed by atoms with Crippen LogP contribution in [0.4, 0.5) is 16.0 Å². The SMILES string of the molecule is Cn1cc[n+](C)c1N=Nc1ccc(F)cc1.[I-]. The van der Waals surface area contributed by atoms with Crippen molar-refractivity contribution in [3.63, 3.8) is 0 Å². The van der Waals surface area contributed by atoms with Gasteiger partial charge in [-0.1, -0.05) is 5.11 Å². The van der Waals surface area contributed by atoms with Gasteiger partial charge in [0.05, 0.1) is 26.5 Å². The molecule has 0 radical (unpaired) electrons. The number of hydrogen-bond donors (Lipinski definition) is 0. The van der Waals surface area contributed by atoms with Crippen molar-refractivity contribution in [2.75, 3.05) is 0 Å². The van der Waals surface area contributed by atoms with Crippen LogP contribution in [0.5, 0.6) is 0 Å². The first-order chi connectivity index (χ1) is 7.66. The third kappa shape index (κ3) is 3.32. The van der Waals surface area contributed by atoms with Crippen LogP contribution in [0.3, 0.4) is 0 Å². The highest BCUT2D eigenvalue weighted by Gasteiger charge is 2.09. The van der Waals surface area contributed by atoms with Crippen molar-refractivity contribution < 1.29 is 32.9 Å². The lowest BCUT2D eigenvalue weighted by Crippen LogP contribution is -3.00. The van der Waals surface area contributed by atoms with Gasteiger partial charge in [-0.25, -0.2) is 13.5 Å². The van der Waals surface area contributed by atoms with Gasteiger partial charge in [-0.05, 0) is 24.3 Å². The first-order valence-electron chi connectivity index (χ1n) is 4.85. The lowest BCUT2D eigenvalue weighted by molar-refractivity contribution is -0.657. The Morgan fingerprint density at radius 2 is 1.82 bits per heavy atom. The molecule has 0 N–H and O–H groups in total. The van der Waals surface area contributed by atoms with E-state index in [4.69, 9.17) is 0 Å². The molecule has 0 aliphatic carbocycles. The molecule has 2 rings (SSSR count). The van der Waals surface area contributed by atoms with E-state index in [0.717, 1.165) is 5.95 Å². The van der Waals surface area contributed by atoms with Gasteiger partial charge in [0, 0.05) is 5.11 Å². The highest BCUT2D eigenvalue weighted by molar-refractivity contribution is 5.35. The second kappa shape index (κ2) is 5.85. The monoisotopic (exact) mass is 346 g/mol. The molecule has 0 bridgehead atoms. The second-order valence-corrected chi connectivity index (χ2v) is 3.50. The van der Waals surface area contributed by atoms with Crippen LogP contribution in [-0.4, -0.2) is 4.57 Å². The van der Waals surface area contributed by atoms with Gasteiger partial charge >= 0.3 is 5.95 Å². The van der Waals surface area contributed by atoms with Crippen LogP contribution in [0.25, 0.3) is 0 Å². The van der Waals surface area contributed by atoms with E-state index in [1.54, 1.807) is 12.1 Å². The Balaban J connectivity index is 0.00000144. The van der Waals surface area contributed by atoms with Crippen LogP contribution in [0.1, 0.15) is 0 Å². The summed E-state index contributed by atoms with van der Waals surface area (Å²) in [6.07, 6.45) is 3.78. The Morgan fingerprint density at radius 1 is 1.18 bits per heavy atom. The van der Waals surface area contributed by atoms with Crippen molar-refractivity contribution in [3.05, 3.63) is 42.5 Å². The fourth-order valence-corrected chi connectivity index (χ4v) is 1.33. The molecule has 0 saturated heterocycles. The molecule has 0 aliphatic rings. The average Bonchev–Trinajstić information content (AvgIpc) is 2.59. The summed E-state index contributed by atoms with van der Waals surface area (Å²) in [6.45, 7) is 0. The Bertz CT molecular complexity index is 499. The van der Waals surface area contributed by atoms with E-state index >= 15 is 0 Å². The van der Waals surface area contributed by atoms with Crippen molar-refractivity contribution in [2.45, 2.75) is 0 Å². The molecule has 1 aromatic carbocycles. The molecule has 0 spiro atoms. The van der Waals surface area contributed by atoms with Crippen molar-refractivity contribution in [2.24, 2.45) is 24.3 Å². The maximum absolute atomic E-state index is 12.6. The Kier molecular flexibility index (Phi) is 4.73. The second-order valence-electron chi connectivity index (χ2n) is 3.50. The lowest BCUT2D eigenvalue weighted by atomic mass is 10.3. The molecule has 0 unspecified atom stereocenters. The third-order valence-corrected chi connectivity index (χ3v) is 2.23. The molecule has 17 heavy (non-hydrogen) atoms. The zero-order valence-corrected chi connectivity index (χ0v) is 11.7. The first-order valence-corrected chi connectivity index (χ1v) is 4.85. The van der Waals surface area contributed by atoms with Crippen LogP contribution < -0.4 is 28.5 Å². The largest absolute Gasteiger partial charge is 1.00 e. The zero-order valence-electron chi connectivity index (χ0n) is 9.51. The quantitative estimate of drug-likeness (QED) is 0.396. The van der Waals surface area contributed by atoms with Crippen LogP contribution in [0, 0.1) is 5.82 Å². The van der Waals surface area contributed by atoms with Gasteiger partial charge in [-0.15, -0.1) is 0 Å². The van der Waals surface area contributed by atoms with E-state index in [1.165, 1.54) is 12.1 Å². The van der Waals surface area contributed by atoms with Crippen molar-refractivity contribution in [1.82, 2.24) is 4.57 Å². The van der Waals surface area contributed by atoms with E-state index in [9.17, 15) is 4.39 Å². The highest BCUT2D eigenvalue weighted by atomic mass is 127. The van der Waals surface area contributed by atoms with E-state index in [1.807, 2.05) is 35.6 Å². The number of nitrogens with zero attached hydrogens (tertiary/aromatic N) is 4.